The SMILES string of the molecule is C=C[Si](C=C)(O[Si](C)(C)CC)O[Si](C=C)(C=C)O[Si](C=C)(C=C)O[Si](C)(C)CC. The van der Waals surface area contributed by atoms with Crippen molar-refractivity contribution in [3.05, 3.63) is 73.7 Å². The van der Waals surface area contributed by atoms with E-state index in [1.807, 2.05) is 0 Å². The minimum atomic E-state index is -3.16. The molecule has 0 aromatic heterocycles. The Kier molecular flexibility index (Phi) is 10.9. The Morgan fingerprint density at radius 2 is 0.690 bits per heavy atom. The van der Waals surface area contributed by atoms with E-state index in [1.165, 1.54) is 0 Å². The summed E-state index contributed by atoms with van der Waals surface area (Å²) in [6, 6.07) is 1.89. The second kappa shape index (κ2) is 11.1. The summed E-state index contributed by atoms with van der Waals surface area (Å²) in [6.45, 7) is 36.8. The molecular formula is C20H40O4Si5. The zero-order valence-corrected chi connectivity index (χ0v) is 24.3. The first-order chi connectivity index (χ1) is 13.3. The van der Waals surface area contributed by atoms with Crippen LogP contribution in [-0.2, 0) is 16.5 Å². The zero-order chi connectivity index (χ0) is 23.0. The maximum Gasteiger partial charge on any atom is 0.374 e. The van der Waals surface area contributed by atoms with Gasteiger partial charge in [0.05, 0.1) is 0 Å². The molecule has 0 aliphatic carbocycles. The van der Waals surface area contributed by atoms with Crippen LogP contribution in [0, 0.1) is 0 Å². The summed E-state index contributed by atoms with van der Waals surface area (Å²) in [7, 11) is -13.0. The molecular weight excluding hydrogens is 445 g/mol. The minimum absolute atomic E-state index is 0.946. The van der Waals surface area contributed by atoms with Gasteiger partial charge in [-0.05, 0) is 72.5 Å². The summed E-state index contributed by atoms with van der Waals surface area (Å²) in [5.41, 5.74) is 10.4. The van der Waals surface area contributed by atoms with E-state index in [0.717, 1.165) is 12.1 Å². The molecule has 0 saturated carbocycles. The molecule has 0 bridgehead atoms. The molecule has 0 saturated heterocycles. The van der Waals surface area contributed by atoms with Crippen LogP contribution >= 0.6 is 0 Å². The van der Waals surface area contributed by atoms with Crippen LogP contribution in [0.1, 0.15) is 13.8 Å². The topological polar surface area (TPSA) is 36.9 Å². The van der Waals surface area contributed by atoms with Crippen LogP contribution in [0.2, 0.25) is 38.3 Å². The van der Waals surface area contributed by atoms with Crippen LogP contribution in [0.3, 0.4) is 0 Å². The smallest absolute Gasteiger partial charge is 0.374 e. The van der Waals surface area contributed by atoms with Gasteiger partial charge < -0.3 is 16.5 Å². The van der Waals surface area contributed by atoms with Crippen molar-refractivity contribution in [3.63, 3.8) is 0 Å². The molecule has 0 amide bonds. The van der Waals surface area contributed by atoms with E-state index in [-0.39, 0.29) is 0 Å². The van der Waals surface area contributed by atoms with Crippen LogP contribution in [0.4, 0.5) is 0 Å². The van der Waals surface area contributed by atoms with Crippen LogP contribution in [0.15, 0.2) is 73.7 Å². The van der Waals surface area contributed by atoms with Gasteiger partial charge in [0.25, 0.3) is 0 Å². The number of rotatable bonds is 16. The van der Waals surface area contributed by atoms with Crippen LogP contribution in [0.5, 0.6) is 0 Å². The second-order valence-corrected chi connectivity index (χ2v) is 26.5. The fourth-order valence-corrected chi connectivity index (χ4v) is 20.5. The van der Waals surface area contributed by atoms with E-state index >= 15 is 0 Å². The molecule has 0 N–H and O–H groups in total. The van der Waals surface area contributed by atoms with E-state index < -0.39 is 42.3 Å². The average Bonchev–Trinajstić information content (AvgIpc) is 2.71. The van der Waals surface area contributed by atoms with Gasteiger partial charge in [-0.3, -0.25) is 0 Å². The van der Waals surface area contributed by atoms with Gasteiger partial charge in [-0.1, -0.05) is 13.8 Å². The summed E-state index contributed by atoms with van der Waals surface area (Å²) in [5.74, 6) is 0. The Labute approximate surface area is 184 Å². The first kappa shape index (κ1) is 28.4. The molecule has 0 unspecified atom stereocenters. The fraction of sp³-hybridized carbons (Fsp3) is 0.400. The van der Waals surface area contributed by atoms with E-state index in [9.17, 15) is 0 Å². The normalized spacial score (nSPS) is 13.4. The third-order valence-corrected chi connectivity index (χ3v) is 23.8. The minimum Gasteiger partial charge on any atom is -0.430 e. The van der Waals surface area contributed by atoms with Crippen LogP contribution in [0.25, 0.3) is 0 Å². The van der Waals surface area contributed by atoms with Gasteiger partial charge in [0.2, 0.25) is 0 Å². The average molecular weight is 485 g/mol. The Bertz CT molecular complexity index is 560. The molecule has 0 radical (unpaired) electrons. The monoisotopic (exact) mass is 484 g/mol. The van der Waals surface area contributed by atoms with Crippen molar-refractivity contribution in [2.24, 2.45) is 0 Å². The van der Waals surface area contributed by atoms with Gasteiger partial charge >= 0.3 is 25.7 Å². The highest BCUT2D eigenvalue weighted by Gasteiger charge is 2.51. The molecule has 0 atom stereocenters. The lowest BCUT2D eigenvalue weighted by molar-refractivity contribution is 0.320. The van der Waals surface area contributed by atoms with Gasteiger partial charge in [0, 0.05) is 0 Å². The molecule has 0 heterocycles. The van der Waals surface area contributed by atoms with Gasteiger partial charge in [0.1, 0.15) is 0 Å². The van der Waals surface area contributed by atoms with Crippen LogP contribution < -0.4 is 0 Å². The molecule has 0 aliphatic rings. The van der Waals surface area contributed by atoms with Gasteiger partial charge in [-0.2, -0.15) is 0 Å². The van der Waals surface area contributed by atoms with Crippen molar-refractivity contribution in [2.75, 3.05) is 0 Å². The molecule has 9 heteroatoms. The highest BCUT2D eigenvalue weighted by molar-refractivity contribution is 6.99. The first-order valence-electron chi connectivity index (χ1n) is 9.94. The summed E-state index contributed by atoms with van der Waals surface area (Å²) in [6.07, 6.45) is 0. The Hall–Kier alpha value is -0.636. The summed E-state index contributed by atoms with van der Waals surface area (Å²) >= 11 is 0. The molecule has 164 valence electrons. The van der Waals surface area contributed by atoms with Gasteiger partial charge in [0.15, 0.2) is 16.6 Å². The lowest BCUT2D eigenvalue weighted by atomic mass is 11.0. The molecule has 29 heavy (non-hydrogen) atoms. The van der Waals surface area contributed by atoms with E-state index in [0.29, 0.717) is 0 Å². The zero-order valence-electron chi connectivity index (χ0n) is 19.3. The molecule has 0 aliphatic heterocycles. The van der Waals surface area contributed by atoms with Crippen molar-refractivity contribution in [1.29, 1.82) is 0 Å². The maximum atomic E-state index is 6.64. The highest BCUT2D eigenvalue weighted by atomic mass is 28.5. The molecule has 0 fully saturated rings. The number of hydrogen-bond acceptors (Lipinski definition) is 4. The van der Waals surface area contributed by atoms with Crippen molar-refractivity contribution in [3.8, 4) is 0 Å². The van der Waals surface area contributed by atoms with Crippen molar-refractivity contribution in [2.45, 2.75) is 52.1 Å². The summed E-state index contributed by atoms with van der Waals surface area (Å²) in [5, 5.41) is 0. The third kappa shape index (κ3) is 7.85. The molecule has 4 nitrogen and oxygen atoms in total. The molecule has 0 aromatic carbocycles. The molecule has 0 aromatic rings. The predicted molar refractivity (Wildman–Crippen MR) is 139 cm³/mol. The lowest BCUT2D eigenvalue weighted by Crippen LogP contribution is -2.61. The van der Waals surface area contributed by atoms with Gasteiger partial charge in [-0.25, -0.2) is 0 Å². The Morgan fingerprint density at radius 3 is 0.862 bits per heavy atom. The van der Waals surface area contributed by atoms with E-state index in [1.54, 1.807) is 34.2 Å². The first-order valence-corrected chi connectivity index (χ1v) is 22.1. The van der Waals surface area contributed by atoms with Crippen molar-refractivity contribution < 1.29 is 16.5 Å². The van der Waals surface area contributed by atoms with E-state index in [4.69, 9.17) is 16.5 Å². The molecule has 0 rings (SSSR count). The maximum absolute atomic E-state index is 6.64. The largest absolute Gasteiger partial charge is 0.430 e. The summed E-state index contributed by atoms with van der Waals surface area (Å²) < 4.78 is 26.4. The van der Waals surface area contributed by atoms with E-state index in [2.05, 4.69) is 79.5 Å². The summed E-state index contributed by atoms with van der Waals surface area (Å²) in [4.78, 5) is 0. The lowest BCUT2D eigenvalue weighted by Gasteiger charge is -2.43. The predicted octanol–water partition coefficient (Wildman–Crippen LogP) is 6.18. The third-order valence-electron chi connectivity index (χ3n) is 4.92. The van der Waals surface area contributed by atoms with Crippen LogP contribution in [-0.4, -0.2) is 42.3 Å². The Balaban J connectivity index is 6.23. The second-order valence-electron chi connectivity index (χ2n) is 8.02. The standard InChI is InChI=1S/C20H40O4Si5/c1-13-25(9,10)21-27(15-3,16-4)23-29(19-7,20-8)24-28(17-5,18-6)22-26(11,12)14-2/h15-20H,3-8,13-14H2,1-2,9-12H3. The Morgan fingerprint density at radius 1 is 0.483 bits per heavy atom. The fourth-order valence-electron chi connectivity index (χ4n) is 2.32. The highest BCUT2D eigenvalue weighted by Crippen LogP contribution is 2.30. The van der Waals surface area contributed by atoms with Crippen molar-refractivity contribution in [1.82, 2.24) is 0 Å². The quantitative estimate of drug-likeness (QED) is 0.245. The van der Waals surface area contributed by atoms with Crippen molar-refractivity contribution >= 4 is 42.3 Å². The van der Waals surface area contributed by atoms with Gasteiger partial charge in [-0.15, -0.1) is 39.5 Å². The molecule has 0 spiro atoms. The number of hydrogen-bond donors (Lipinski definition) is 0.